The summed E-state index contributed by atoms with van der Waals surface area (Å²) in [4.78, 5) is 8.62. The summed E-state index contributed by atoms with van der Waals surface area (Å²) in [6.45, 7) is 1.95. The molecule has 1 aromatic carbocycles. The molecule has 0 saturated carbocycles. The lowest BCUT2D eigenvalue weighted by Crippen LogP contribution is -2.23. The normalized spacial score (nSPS) is 13.6. The number of hydrogen-bond acceptors (Lipinski definition) is 9. The van der Waals surface area contributed by atoms with Gasteiger partial charge in [0.25, 0.3) is 0 Å². The SMILES string of the molecule is CC(Sc1nc(-c2ccc(-c3c[nH]nn3)cc2)ns1)C(O)Cc1nc[nH]n1. The molecule has 0 fully saturated rings. The van der Waals surface area contributed by atoms with Gasteiger partial charge in [-0.05, 0) is 11.5 Å². The van der Waals surface area contributed by atoms with Crippen molar-refractivity contribution in [2.45, 2.75) is 29.0 Å². The van der Waals surface area contributed by atoms with Gasteiger partial charge in [0.15, 0.2) is 16.0 Å². The van der Waals surface area contributed by atoms with Gasteiger partial charge < -0.3 is 5.11 Å². The third-order valence-electron chi connectivity index (χ3n) is 3.95. The first-order valence-corrected chi connectivity index (χ1v) is 9.84. The third-order valence-corrected chi connectivity index (χ3v) is 5.95. The Hall–Kier alpha value is -2.63. The van der Waals surface area contributed by atoms with E-state index in [2.05, 4.69) is 39.9 Å². The fraction of sp³-hybridized carbons (Fsp3) is 0.250. The van der Waals surface area contributed by atoms with Crippen molar-refractivity contribution in [3.05, 3.63) is 42.6 Å². The number of aromatic amines is 2. The van der Waals surface area contributed by atoms with Crippen LogP contribution in [0.1, 0.15) is 12.7 Å². The molecular weight excluding hydrogens is 384 g/mol. The summed E-state index contributed by atoms with van der Waals surface area (Å²) < 4.78 is 5.24. The zero-order chi connectivity index (χ0) is 18.6. The summed E-state index contributed by atoms with van der Waals surface area (Å²) >= 11 is 2.82. The first kappa shape index (κ1) is 17.8. The summed E-state index contributed by atoms with van der Waals surface area (Å²) in [5.41, 5.74) is 2.69. The lowest BCUT2D eigenvalue weighted by molar-refractivity contribution is 0.174. The van der Waals surface area contributed by atoms with E-state index in [0.29, 0.717) is 18.1 Å². The second kappa shape index (κ2) is 7.94. The van der Waals surface area contributed by atoms with E-state index in [4.69, 9.17) is 0 Å². The molecule has 4 rings (SSSR count). The molecule has 9 nitrogen and oxygen atoms in total. The highest BCUT2D eigenvalue weighted by Gasteiger charge is 2.20. The molecule has 0 bridgehead atoms. The number of rotatable bonds is 7. The average molecular weight is 400 g/mol. The van der Waals surface area contributed by atoms with E-state index in [9.17, 15) is 5.11 Å². The number of aromatic nitrogens is 8. The van der Waals surface area contributed by atoms with Gasteiger partial charge in [-0.3, -0.25) is 10.2 Å². The highest BCUT2D eigenvalue weighted by Crippen LogP contribution is 2.30. The van der Waals surface area contributed by atoms with Crippen LogP contribution in [0.15, 0.2) is 41.1 Å². The summed E-state index contributed by atoms with van der Waals surface area (Å²) in [5.74, 6) is 1.27. The van der Waals surface area contributed by atoms with E-state index in [-0.39, 0.29) is 5.25 Å². The van der Waals surface area contributed by atoms with Crippen LogP contribution in [0.25, 0.3) is 22.6 Å². The molecule has 0 aliphatic carbocycles. The number of nitrogens with zero attached hydrogens (tertiary/aromatic N) is 6. The Kier molecular flexibility index (Phi) is 5.23. The topological polar surface area (TPSA) is 129 Å². The fourth-order valence-corrected chi connectivity index (χ4v) is 4.32. The maximum Gasteiger partial charge on any atom is 0.174 e. The van der Waals surface area contributed by atoms with Crippen LogP contribution in [0.4, 0.5) is 0 Å². The molecule has 0 saturated heterocycles. The van der Waals surface area contributed by atoms with E-state index in [1.54, 1.807) is 6.20 Å². The lowest BCUT2D eigenvalue weighted by atomic mass is 10.1. The van der Waals surface area contributed by atoms with Crippen LogP contribution in [0.5, 0.6) is 0 Å². The highest BCUT2D eigenvalue weighted by atomic mass is 32.2. The van der Waals surface area contributed by atoms with Crippen LogP contribution < -0.4 is 0 Å². The van der Waals surface area contributed by atoms with Crippen LogP contribution in [-0.2, 0) is 6.42 Å². The maximum absolute atomic E-state index is 10.3. The molecule has 4 aromatic rings. The smallest absolute Gasteiger partial charge is 0.174 e. The molecule has 0 amide bonds. The van der Waals surface area contributed by atoms with Gasteiger partial charge in [-0.15, -0.1) is 5.10 Å². The molecule has 138 valence electrons. The number of benzene rings is 1. The quantitative estimate of drug-likeness (QED) is 0.403. The largest absolute Gasteiger partial charge is 0.392 e. The van der Waals surface area contributed by atoms with Gasteiger partial charge in [0, 0.05) is 29.0 Å². The number of thioether (sulfide) groups is 1. The van der Waals surface area contributed by atoms with Crippen molar-refractivity contribution >= 4 is 23.3 Å². The lowest BCUT2D eigenvalue weighted by Gasteiger charge is -2.15. The molecule has 0 aliphatic heterocycles. The van der Waals surface area contributed by atoms with Crippen LogP contribution in [0.3, 0.4) is 0 Å². The van der Waals surface area contributed by atoms with Gasteiger partial charge in [0.1, 0.15) is 12.0 Å². The van der Waals surface area contributed by atoms with Crippen molar-refractivity contribution < 1.29 is 5.11 Å². The van der Waals surface area contributed by atoms with E-state index >= 15 is 0 Å². The van der Waals surface area contributed by atoms with Crippen LogP contribution in [0.2, 0.25) is 0 Å². The van der Waals surface area contributed by atoms with E-state index in [1.807, 2.05) is 31.2 Å². The Balaban J connectivity index is 1.40. The molecule has 2 atom stereocenters. The minimum absolute atomic E-state index is 0.0566. The zero-order valence-corrected chi connectivity index (χ0v) is 15.9. The molecule has 3 heterocycles. The second-order valence-electron chi connectivity index (χ2n) is 5.83. The molecule has 3 N–H and O–H groups in total. The van der Waals surface area contributed by atoms with Gasteiger partial charge in [-0.2, -0.15) is 9.47 Å². The molecule has 2 unspecified atom stereocenters. The third kappa shape index (κ3) is 4.21. The Bertz CT molecular complexity index is 968. The monoisotopic (exact) mass is 400 g/mol. The molecule has 0 aliphatic rings. The molecule has 11 heteroatoms. The summed E-state index contributed by atoms with van der Waals surface area (Å²) in [5, 5.41) is 27.3. The fourth-order valence-electron chi connectivity index (χ4n) is 2.43. The molecule has 0 radical (unpaired) electrons. The number of aliphatic hydroxyl groups excluding tert-OH is 1. The standard InChI is InChI=1S/C16H16N8OS2/c1-9(13(25)6-14-17-8-19-22-14)26-16-20-15(23-27-16)11-4-2-10(3-5-11)12-7-18-24-21-12/h2-5,7-9,13,25H,6H2,1H3,(H,17,19,22)(H,18,21,24). The van der Waals surface area contributed by atoms with Crippen molar-refractivity contribution in [3.8, 4) is 22.6 Å². The van der Waals surface area contributed by atoms with Crippen molar-refractivity contribution in [3.63, 3.8) is 0 Å². The number of nitrogens with one attached hydrogen (secondary N) is 2. The Labute approximate surface area is 162 Å². The van der Waals surface area contributed by atoms with Crippen molar-refractivity contribution in [2.75, 3.05) is 0 Å². The van der Waals surface area contributed by atoms with Crippen molar-refractivity contribution in [2.24, 2.45) is 0 Å². The second-order valence-corrected chi connectivity index (χ2v) is 8.21. The van der Waals surface area contributed by atoms with Gasteiger partial charge in [0.2, 0.25) is 0 Å². The minimum Gasteiger partial charge on any atom is -0.392 e. The summed E-state index contributed by atoms with van der Waals surface area (Å²) in [7, 11) is 0. The molecule has 27 heavy (non-hydrogen) atoms. The average Bonchev–Trinajstić information content (AvgIpc) is 3.44. The van der Waals surface area contributed by atoms with E-state index < -0.39 is 6.10 Å². The van der Waals surface area contributed by atoms with Gasteiger partial charge in [-0.1, -0.05) is 48.2 Å². The van der Waals surface area contributed by atoms with Crippen molar-refractivity contribution in [1.29, 1.82) is 0 Å². The minimum atomic E-state index is -0.570. The Morgan fingerprint density at radius 3 is 2.70 bits per heavy atom. The van der Waals surface area contributed by atoms with E-state index in [0.717, 1.165) is 21.2 Å². The molecular formula is C16H16N8OS2. The Morgan fingerprint density at radius 2 is 2.00 bits per heavy atom. The predicted molar refractivity (Wildman–Crippen MR) is 102 cm³/mol. The van der Waals surface area contributed by atoms with Crippen LogP contribution >= 0.6 is 23.3 Å². The number of H-pyrrole nitrogens is 2. The molecule has 0 spiro atoms. The number of aliphatic hydroxyl groups is 1. The number of hydrogen-bond donors (Lipinski definition) is 3. The van der Waals surface area contributed by atoms with Gasteiger partial charge >= 0.3 is 0 Å². The Morgan fingerprint density at radius 1 is 1.19 bits per heavy atom. The predicted octanol–water partition coefficient (Wildman–Crippen LogP) is 2.19. The zero-order valence-electron chi connectivity index (χ0n) is 14.3. The summed E-state index contributed by atoms with van der Waals surface area (Å²) in [6, 6.07) is 7.85. The first-order chi connectivity index (χ1) is 13.2. The maximum atomic E-state index is 10.3. The molecule has 3 aromatic heterocycles. The highest BCUT2D eigenvalue weighted by molar-refractivity contribution is 8.01. The van der Waals surface area contributed by atoms with Crippen molar-refractivity contribution in [1.82, 2.24) is 39.9 Å². The van der Waals surface area contributed by atoms with Gasteiger partial charge in [0.05, 0.1) is 6.10 Å². The van der Waals surface area contributed by atoms with Crippen LogP contribution in [0, 0.1) is 0 Å². The van der Waals surface area contributed by atoms with Gasteiger partial charge in [-0.25, -0.2) is 9.97 Å². The van der Waals surface area contributed by atoms with Crippen LogP contribution in [-0.4, -0.2) is 56.4 Å². The first-order valence-electron chi connectivity index (χ1n) is 8.19. The summed E-state index contributed by atoms with van der Waals surface area (Å²) in [6.07, 6.45) is 3.08. The van der Waals surface area contributed by atoms with E-state index in [1.165, 1.54) is 29.6 Å².